The van der Waals surface area contributed by atoms with Crippen molar-refractivity contribution in [2.75, 3.05) is 22.9 Å². The van der Waals surface area contributed by atoms with E-state index in [0.717, 1.165) is 12.1 Å². The second-order valence-corrected chi connectivity index (χ2v) is 9.11. The van der Waals surface area contributed by atoms with E-state index in [9.17, 15) is 14.7 Å². The number of benzene rings is 2. The van der Waals surface area contributed by atoms with E-state index in [1.807, 2.05) is 6.07 Å². The number of carbonyl (C=O) groups excluding carboxylic acids is 2. The van der Waals surface area contributed by atoms with Crippen molar-refractivity contribution in [3.05, 3.63) is 77.6 Å². The van der Waals surface area contributed by atoms with E-state index in [1.165, 1.54) is 9.80 Å². The summed E-state index contributed by atoms with van der Waals surface area (Å²) < 4.78 is 32.0. The van der Waals surface area contributed by atoms with Gasteiger partial charge in [0.1, 0.15) is 17.5 Å². The molecule has 2 aliphatic heterocycles. The predicted octanol–water partition coefficient (Wildman–Crippen LogP) is 3.24. The Morgan fingerprint density at radius 2 is 1.76 bits per heavy atom. The van der Waals surface area contributed by atoms with Gasteiger partial charge >= 0.3 is 6.03 Å². The molecule has 0 saturated carbocycles. The quantitative estimate of drug-likeness (QED) is 0.555. The molecule has 1 aromatic heterocycles. The van der Waals surface area contributed by atoms with Gasteiger partial charge in [0.25, 0.3) is 5.91 Å². The molecule has 0 bridgehead atoms. The lowest BCUT2D eigenvalue weighted by atomic mass is 9.83. The number of nitrogens with zero attached hydrogens (tertiary/aromatic N) is 5. The molecule has 3 amide bonds. The first-order valence-corrected chi connectivity index (χ1v) is 11.9. The van der Waals surface area contributed by atoms with E-state index in [0.29, 0.717) is 16.2 Å². The van der Waals surface area contributed by atoms with Gasteiger partial charge in [-0.25, -0.2) is 13.6 Å². The number of hydrogen-bond acceptors (Lipinski definition) is 4. The Morgan fingerprint density at radius 1 is 1.08 bits per heavy atom. The van der Waals surface area contributed by atoms with Gasteiger partial charge < -0.3 is 14.9 Å². The third-order valence-electron chi connectivity index (χ3n) is 6.93. The van der Waals surface area contributed by atoms with Crippen LogP contribution in [0.2, 0.25) is 0 Å². The smallest absolute Gasteiger partial charge is 0.327 e. The highest BCUT2D eigenvalue weighted by Gasteiger charge is 2.57. The molecule has 2 atom stereocenters. The fourth-order valence-electron chi connectivity index (χ4n) is 5.07. The molecule has 0 radical (unpaired) electrons. The fraction of sp³-hybridized carbons (Fsp3) is 0.296. The van der Waals surface area contributed by atoms with Crippen LogP contribution in [0.25, 0.3) is 0 Å². The van der Waals surface area contributed by atoms with Gasteiger partial charge in [0.2, 0.25) is 0 Å². The molecule has 2 aromatic carbocycles. The molecule has 3 aromatic rings. The van der Waals surface area contributed by atoms with Crippen LogP contribution < -0.4 is 9.80 Å². The standard InChI is InChI=1S/C27H25F2N5O3/c1-3-27-15-23(35)34(26(37)33(27)12-11-32(25(27)36)20-16-30-31(2)17-20)24-21(28)13-19(14-22(24)29)10-9-18-7-5-4-6-8-18/h4-8,13-14,16-17,23,35H,3,11-12,15H2,1-2H3/t23?,27-/m0/s1. The number of amides is 3. The highest BCUT2D eigenvalue weighted by Crippen LogP contribution is 2.41. The highest BCUT2D eigenvalue weighted by atomic mass is 19.1. The van der Waals surface area contributed by atoms with Gasteiger partial charge in [0.15, 0.2) is 11.6 Å². The summed E-state index contributed by atoms with van der Waals surface area (Å²) in [5.41, 5.74) is -0.678. The molecule has 2 aliphatic rings. The van der Waals surface area contributed by atoms with E-state index in [4.69, 9.17) is 0 Å². The summed E-state index contributed by atoms with van der Waals surface area (Å²) in [6.07, 6.45) is 1.64. The Hall–Kier alpha value is -4.23. The first-order valence-electron chi connectivity index (χ1n) is 11.9. The lowest BCUT2D eigenvalue weighted by Gasteiger charge is -2.54. The third kappa shape index (κ3) is 4.11. The fourth-order valence-corrected chi connectivity index (χ4v) is 5.07. The number of hydrogen-bond donors (Lipinski definition) is 1. The Morgan fingerprint density at radius 3 is 2.38 bits per heavy atom. The molecule has 1 N–H and O–H groups in total. The van der Waals surface area contributed by atoms with E-state index < -0.39 is 35.1 Å². The van der Waals surface area contributed by atoms with Crippen LogP contribution in [0.3, 0.4) is 0 Å². The van der Waals surface area contributed by atoms with Crippen LogP contribution in [0.5, 0.6) is 0 Å². The predicted molar refractivity (Wildman–Crippen MR) is 133 cm³/mol. The minimum absolute atomic E-state index is 0.0877. The zero-order chi connectivity index (χ0) is 26.3. The Labute approximate surface area is 212 Å². The van der Waals surface area contributed by atoms with Crippen molar-refractivity contribution in [2.24, 2.45) is 7.05 Å². The average Bonchev–Trinajstić information content (AvgIpc) is 3.31. The monoisotopic (exact) mass is 505 g/mol. The molecule has 3 heterocycles. The number of aryl methyl sites for hydroxylation is 1. The number of fused-ring (bicyclic) bond motifs is 1. The van der Waals surface area contributed by atoms with Gasteiger partial charge in [-0.1, -0.05) is 37.0 Å². The number of piperazine rings is 1. The van der Waals surface area contributed by atoms with Crippen LogP contribution >= 0.6 is 0 Å². The second kappa shape index (κ2) is 9.33. The summed E-state index contributed by atoms with van der Waals surface area (Å²) in [5, 5.41) is 15.1. The van der Waals surface area contributed by atoms with E-state index >= 15 is 8.78 Å². The van der Waals surface area contributed by atoms with Gasteiger partial charge in [-0.05, 0) is 30.7 Å². The second-order valence-electron chi connectivity index (χ2n) is 9.11. The van der Waals surface area contributed by atoms with Gasteiger partial charge in [-0.15, -0.1) is 0 Å². The molecular formula is C27H25F2N5O3. The number of aliphatic hydroxyl groups is 1. The summed E-state index contributed by atoms with van der Waals surface area (Å²) in [7, 11) is 1.73. The van der Waals surface area contributed by atoms with Crippen LogP contribution in [0.1, 0.15) is 30.9 Å². The van der Waals surface area contributed by atoms with Crippen LogP contribution in [-0.2, 0) is 11.8 Å². The number of rotatable bonds is 3. The molecule has 5 rings (SSSR count). The van der Waals surface area contributed by atoms with Crippen molar-refractivity contribution >= 4 is 23.3 Å². The summed E-state index contributed by atoms with van der Waals surface area (Å²) in [4.78, 5) is 30.7. The minimum atomic E-state index is -1.62. The normalized spacial score (nSPS) is 21.5. The van der Waals surface area contributed by atoms with E-state index in [-0.39, 0.29) is 37.4 Å². The maximum absolute atomic E-state index is 15.2. The summed E-state index contributed by atoms with van der Waals surface area (Å²) >= 11 is 0. The molecule has 0 spiro atoms. The highest BCUT2D eigenvalue weighted by molar-refractivity contribution is 6.06. The van der Waals surface area contributed by atoms with Crippen molar-refractivity contribution in [1.82, 2.24) is 14.7 Å². The maximum atomic E-state index is 15.2. The van der Waals surface area contributed by atoms with Crippen LogP contribution in [-0.4, -0.2) is 56.6 Å². The largest absolute Gasteiger partial charge is 0.373 e. The zero-order valence-corrected chi connectivity index (χ0v) is 20.4. The zero-order valence-electron chi connectivity index (χ0n) is 20.4. The topological polar surface area (TPSA) is 81.9 Å². The average molecular weight is 506 g/mol. The molecule has 1 unspecified atom stereocenters. The third-order valence-corrected chi connectivity index (χ3v) is 6.93. The van der Waals surface area contributed by atoms with Crippen molar-refractivity contribution in [2.45, 2.75) is 31.5 Å². The molecule has 0 aliphatic carbocycles. The van der Waals surface area contributed by atoms with Gasteiger partial charge in [-0.2, -0.15) is 5.10 Å². The number of aliphatic hydroxyl groups excluding tert-OH is 1. The van der Waals surface area contributed by atoms with Crippen molar-refractivity contribution in [3.63, 3.8) is 0 Å². The molecule has 2 saturated heterocycles. The van der Waals surface area contributed by atoms with Gasteiger partial charge in [0, 0.05) is 43.9 Å². The van der Waals surface area contributed by atoms with Gasteiger partial charge in [0.05, 0.1) is 11.9 Å². The van der Waals surface area contributed by atoms with Crippen LogP contribution in [0, 0.1) is 23.5 Å². The van der Waals surface area contributed by atoms with Crippen molar-refractivity contribution in [1.29, 1.82) is 0 Å². The lowest BCUT2D eigenvalue weighted by Crippen LogP contribution is -2.74. The number of halogens is 2. The molecule has 10 heteroatoms. The van der Waals surface area contributed by atoms with Crippen molar-refractivity contribution < 1.29 is 23.5 Å². The number of anilines is 2. The Kier molecular flexibility index (Phi) is 6.17. The molecule has 8 nitrogen and oxygen atoms in total. The first kappa shape index (κ1) is 24.5. The summed E-state index contributed by atoms with van der Waals surface area (Å²) in [6, 6.07) is 10.2. The van der Waals surface area contributed by atoms with Crippen molar-refractivity contribution in [3.8, 4) is 11.8 Å². The SMILES string of the molecule is CC[C@@]12CC(O)N(c3c(F)cc(C#Cc4ccccc4)cc3F)C(=O)N1CCN(c1cnn(C)c1)C2=O. The number of urea groups is 1. The summed E-state index contributed by atoms with van der Waals surface area (Å²) in [6.45, 7) is 2.05. The lowest BCUT2D eigenvalue weighted by molar-refractivity contribution is -0.135. The maximum Gasteiger partial charge on any atom is 0.327 e. The number of carbonyl (C=O) groups is 2. The van der Waals surface area contributed by atoms with E-state index in [2.05, 4.69) is 16.9 Å². The van der Waals surface area contributed by atoms with Gasteiger partial charge in [-0.3, -0.25) is 14.4 Å². The minimum Gasteiger partial charge on any atom is -0.373 e. The molecule has 2 fully saturated rings. The summed E-state index contributed by atoms with van der Waals surface area (Å²) in [5.74, 6) is 3.12. The number of aromatic nitrogens is 2. The Bertz CT molecular complexity index is 1410. The van der Waals surface area contributed by atoms with Crippen LogP contribution in [0.4, 0.5) is 25.0 Å². The molecule has 190 valence electrons. The Balaban J connectivity index is 1.46. The molecule has 37 heavy (non-hydrogen) atoms. The first-order chi connectivity index (χ1) is 17.7. The van der Waals surface area contributed by atoms with Crippen LogP contribution in [0.15, 0.2) is 54.9 Å². The molecular weight excluding hydrogens is 480 g/mol. The van der Waals surface area contributed by atoms with E-state index in [1.54, 1.807) is 55.3 Å².